The van der Waals surface area contributed by atoms with Crippen LogP contribution in [-0.2, 0) is 19.6 Å². The molecule has 1 saturated heterocycles. The molecule has 1 N–H and O–H groups in total. The lowest BCUT2D eigenvalue weighted by Gasteiger charge is -2.32. The van der Waals surface area contributed by atoms with E-state index in [-0.39, 0.29) is 16.7 Å². The number of hydrogen-bond donors (Lipinski definition) is 1. The van der Waals surface area contributed by atoms with E-state index in [2.05, 4.69) is 4.72 Å². The van der Waals surface area contributed by atoms with Gasteiger partial charge in [0.05, 0.1) is 18.1 Å². The van der Waals surface area contributed by atoms with Gasteiger partial charge in [0.25, 0.3) is 0 Å². The van der Waals surface area contributed by atoms with Gasteiger partial charge in [-0.1, -0.05) is 44.2 Å². The standard InChI is InChI=1S/C19H24N2O4S/c1-14(2)18(19(22)21-9-11-25-12-10-21)20-26(23,24)17-8-7-15-5-3-4-6-16(15)13-17/h3-8,13-14,18,20H,9-12H2,1-2H3/t18-/m1/s1. The maximum Gasteiger partial charge on any atom is 0.241 e. The first kappa shape index (κ1) is 18.8. The Kier molecular flexibility index (Phi) is 5.60. The van der Waals surface area contributed by atoms with Crippen molar-refractivity contribution >= 4 is 26.7 Å². The maximum absolute atomic E-state index is 12.9. The molecular weight excluding hydrogens is 352 g/mol. The Labute approximate surface area is 154 Å². The third-order valence-electron chi connectivity index (χ3n) is 4.57. The van der Waals surface area contributed by atoms with Gasteiger partial charge in [0.1, 0.15) is 6.04 Å². The van der Waals surface area contributed by atoms with Crippen LogP contribution in [0.5, 0.6) is 0 Å². The number of carbonyl (C=O) groups excluding carboxylic acids is 1. The highest BCUT2D eigenvalue weighted by molar-refractivity contribution is 7.89. The first-order valence-electron chi connectivity index (χ1n) is 8.76. The number of ether oxygens (including phenoxy) is 1. The lowest BCUT2D eigenvalue weighted by molar-refractivity contribution is -0.138. The molecule has 1 atom stereocenters. The van der Waals surface area contributed by atoms with E-state index in [0.29, 0.717) is 26.3 Å². The molecular formula is C19H24N2O4S. The topological polar surface area (TPSA) is 75.7 Å². The van der Waals surface area contributed by atoms with E-state index < -0.39 is 16.1 Å². The van der Waals surface area contributed by atoms with Gasteiger partial charge < -0.3 is 9.64 Å². The second kappa shape index (κ2) is 7.73. The summed E-state index contributed by atoms with van der Waals surface area (Å²) in [6.45, 7) is 5.61. The summed E-state index contributed by atoms with van der Waals surface area (Å²) < 4.78 is 33.6. The van der Waals surface area contributed by atoms with E-state index in [1.807, 2.05) is 38.1 Å². The fraction of sp³-hybridized carbons (Fsp3) is 0.421. The van der Waals surface area contributed by atoms with E-state index in [4.69, 9.17) is 4.74 Å². The van der Waals surface area contributed by atoms with E-state index in [1.54, 1.807) is 23.1 Å². The van der Waals surface area contributed by atoms with Gasteiger partial charge in [0.15, 0.2) is 0 Å². The molecule has 26 heavy (non-hydrogen) atoms. The molecule has 3 rings (SSSR count). The summed E-state index contributed by atoms with van der Waals surface area (Å²) in [6, 6.07) is 11.7. The minimum Gasteiger partial charge on any atom is -0.378 e. The average Bonchev–Trinajstić information content (AvgIpc) is 2.65. The molecule has 0 unspecified atom stereocenters. The van der Waals surface area contributed by atoms with Crippen LogP contribution in [0.2, 0.25) is 0 Å². The largest absolute Gasteiger partial charge is 0.378 e. The number of fused-ring (bicyclic) bond motifs is 1. The Morgan fingerprint density at radius 3 is 2.38 bits per heavy atom. The Balaban J connectivity index is 1.85. The smallest absolute Gasteiger partial charge is 0.241 e. The average molecular weight is 376 g/mol. The Morgan fingerprint density at radius 2 is 1.73 bits per heavy atom. The van der Waals surface area contributed by atoms with Crippen LogP contribution in [0.1, 0.15) is 13.8 Å². The first-order valence-corrected chi connectivity index (χ1v) is 10.2. The molecule has 1 aliphatic rings. The molecule has 6 nitrogen and oxygen atoms in total. The van der Waals surface area contributed by atoms with E-state index >= 15 is 0 Å². The van der Waals surface area contributed by atoms with Gasteiger partial charge in [0.2, 0.25) is 15.9 Å². The molecule has 0 spiro atoms. The zero-order valence-corrected chi connectivity index (χ0v) is 15.8. The second-order valence-electron chi connectivity index (χ2n) is 6.79. The Bertz CT molecular complexity index is 889. The first-order chi connectivity index (χ1) is 12.4. The lowest BCUT2D eigenvalue weighted by Crippen LogP contribution is -2.53. The summed E-state index contributed by atoms with van der Waals surface area (Å²) in [6.07, 6.45) is 0. The van der Waals surface area contributed by atoms with Crippen molar-refractivity contribution in [3.05, 3.63) is 42.5 Å². The molecule has 0 radical (unpaired) electrons. The maximum atomic E-state index is 12.9. The van der Waals surface area contributed by atoms with Crippen molar-refractivity contribution in [3.8, 4) is 0 Å². The molecule has 7 heteroatoms. The third kappa shape index (κ3) is 4.06. The summed E-state index contributed by atoms with van der Waals surface area (Å²) in [5.74, 6) is -0.367. The summed E-state index contributed by atoms with van der Waals surface area (Å²) in [5.41, 5.74) is 0. The van der Waals surface area contributed by atoms with Gasteiger partial charge in [-0.15, -0.1) is 0 Å². The molecule has 1 fully saturated rings. The molecule has 0 bridgehead atoms. The van der Waals surface area contributed by atoms with Crippen LogP contribution in [0.3, 0.4) is 0 Å². The van der Waals surface area contributed by atoms with Crippen LogP contribution >= 0.6 is 0 Å². The monoisotopic (exact) mass is 376 g/mol. The predicted octanol–water partition coefficient (Wildman–Crippen LogP) is 2.00. The molecule has 0 aliphatic carbocycles. The van der Waals surface area contributed by atoms with Gasteiger partial charge in [-0.3, -0.25) is 4.79 Å². The van der Waals surface area contributed by atoms with Crippen LogP contribution in [0.15, 0.2) is 47.4 Å². The fourth-order valence-electron chi connectivity index (χ4n) is 3.02. The van der Waals surface area contributed by atoms with Crippen molar-refractivity contribution in [2.24, 2.45) is 5.92 Å². The normalized spacial score (nSPS) is 16.8. The highest BCUT2D eigenvalue weighted by atomic mass is 32.2. The number of amides is 1. The summed E-state index contributed by atoms with van der Waals surface area (Å²) >= 11 is 0. The number of rotatable bonds is 5. The number of nitrogens with zero attached hydrogens (tertiary/aromatic N) is 1. The molecule has 2 aromatic rings. The Morgan fingerprint density at radius 1 is 1.08 bits per heavy atom. The van der Waals surface area contributed by atoms with Gasteiger partial charge >= 0.3 is 0 Å². The minimum atomic E-state index is -3.81. The number of hydrogen-bond acceptors (Lipinski definition) is 4. The van der Waals surface area contributed by atoms with E-state index in [0.717, 1.165) is 10.8 Å². The van der Waals surface area contributed by atoms with Crippen molar-refractivity contribution in [2.75, 3.05) is 26.3 Å². The fourth-order valence-corrected chi connectivity index (χ4v) is 4.39. The van der Waals surface area contributed by atoms with Gasteiger partial charge in [-0.05, 0) is 28.8 Å². The highest BCUT2D eigenvalue weighted by Crippen LogP contribution is 2.20. The number of benzene rings is 2. The van der Waals surface area contributed by atoms with Gasteiger partial charge in [-0.25, -0.2) is 8.42 Å². The van der Waals surface area contributed by atoms with Crippen LogP contribution < -0.4 is 4.72 Å². The summed E-state index contributed by atoms with van der Waals surface area (Å²) in [4.78, 5) is 14.6. The van der Waals surface area contributed by atoms with Gasteiger partial charge in [-0.2, -0.15) is 4.72 Å². The van der Waals surface area contributed by atoms with Crippen molar-refractivity contribution in [3.63, 3.8) is 0 Å². The number of morpholine rings is 1. The van der Waals surface area contributed by atoms with Crippen LogP contribution in [0, 0.1) is 5.92 Å². The molecule has 140 valence electrons. The van der Waals surface area contributed by atoms with Crippen LogP contribution in [0.25, 0.3) is 10.8 Å². The van der Waals surface area contributed by atoms with Crippen molar-refractivity contribution in [2.45, 2.75) is 24.8 Å². The molecule has 1 amide bonds. The number of nitrogens with one attached hydrogen (secondary N) is 1. The van der Waals surface area contributed by atoms with E-state index in [1.165, 1.54) is 0 Å². The molecule has 1 aliphatic heterocycles. The summed E-state index contributed by atoms with van der Waals surface area (Å²) in [7, 11) is -3.81. The zero-order valence-electron chi connectivity index (χ0n) is 15.0. The Hall–Kier alpha value is -1.96. The lowest BCUT2D eigenvalue weighted by atomic mass is 10.0. The van der Waals surface area contributed by atoms with E-state index in [9.17, 15) is 13.2 Å². The minimum absolute atomic E-state index is 0.164. The third-order valence-corrected chi connectivity index (χ3v) is 6.01. The van der Waals surface area contributed by atoms with Crippen LogP contribution in [-0.4, -0.2) is 51.6 Å². The molecule has 1 heterocycles. The van der Waals surface area contributed by atoms with Crippen molar-refractivity contribution in [1.82, 2.24) is 9.62 Å². The van der Waals surface area contributed by atoms with Crippen molar-refractivity contribution in [1.29, 1.82) is 0 Å². The number of carbonyl (C=O) groups is 1. The predicted molar refractivity (Wildman–Crippen MR) is 100 cm³/mol. The molecule has 2 aromatic carbocycles. The zero-order chi connectivity index (χ0) is 18.7. The van der Waals surface area contributed by atoms with Gasteiger partial charge in [0, 0.05) is 13.1 Å². The van der Waals surface area contributed by atoms with Crippen LogP contribution in [0.4, 0.5) is 0 Å². The molecule has 0 aromatic heterocycles. The summed E-state index contributed by atoms with van der Waals surface area (Å²) in [5, 5.41) is 1.81. The number of sulfonamides is 1. The molecule has 0 saturated carbocycles. The van der Waals surface area contributed by atoms with Crippen molar-refractivity contribution < 1.29 is 17.9 Å². The highest BCUT2D eigenvalue weighted by Gasteiger charge is 2.32. The SMILES string of the molecule is CC(C)[C@@H](NS(=O)(=O)c1ccc2ccccc2c1)C(=O)N1CCOCC1. The quantitative estimate of drug-likeness (QED) is 0.866. The second-order valence-corrected chi connectivity index (χ2v) is 8.50.